The second-order valence-electron chi connectivity index (χ2n) is 9.58. The number of carbonyl (C=O) groups is 1. The van der Waals surface area contributed by atoms with Crippen molar-refractivity contribution in [2.45, 2.75) is 45.1 Å². The van der Waals surface area contributed by atoms with Crippen molar-refractivity contribution in [1.29, 1.82) is 0 Å². The summed E-state index contributed by atoms with van der Waals surface area (Å²) >= 11 is 0. The molecule has 0 radical (unpaired) electrons. The summed E-state index contributed by atoms with van der Waals surface area (Å²) in [6, 6.07) is 8.84. The summed E-state index contributed by atoms with van der Waals surface area (Å²) in [5.74, 6) is 0.663. The molecule has 11 heteroatoms. The van der Waals surface area contributed by atoms with Crippen LogP contribution in [0.2, 0.25) is 0 Å². The smallest absolute Gasteiger partial charge is 0.326 e. The van der Waals surface area contributed by atoms with Crippen LogP contribution in [0, 0.1) is 0 Å². The van der Waals surface area contributed by atoms with Crippen LogP contribution in [0.1, 0.15) is 45.3 Å². The molecule has 0 atom stereocenters. The van der Waals surface area contributed by atoms with Crippen molar-refractivity contribution in [3.8, 4) is 11.3 Å². The average Bonchev–Trinajstić information content (AvgIpc) is 3.46. The second kappa shape index (κ2) is 8.99. The quantitative estimate of drug-likeness (QED) is 0.394. The molecule has 4 aromatic rings. The lowest BCUT2D eigenvalue weighted by atomic mass is 9.92. The van der Waals surface area contributed by atoms with Crippen molar-refractivity contribution in [2.24, 2.45) is 0 Å². The van der Waals surface area contributed by atoms with E-state index < -0.39 is 6.03 Å². The van der Waals surface area contributed by atoms with Crippen molar-refractivity contribution in [3.63, 3.8) is 0 Å². The number of amides is 2. The van der Waals surface area contributed by atoms with E-state index in [0.29, 0.717) is 36.1 Å². The van der Waals surface area contributed by atoms with Gasteiger partial charge < -0.3 is 20.3 Å². The Labute approximate surface area is 202 Å². The van der Waals surface area contributed by atoms with E-state index in [-0.39, 0.29) is 17.3 Å². The normalized spacial score (nSPS) is 14.8. The van der Waals surface area contributed by atoms with E-state index in [1.165, 1.54) is 6.33 Å². The molecule has 0 bridgehead atoms. The predicted octanol–water partition coefficient (Wildman–Crippen LogP) is 4.36. The highest BCUT2D eigenvalue weighted by atomic mass is 16.5. The Balaban J connectivity index is 1.35. The molecular weight excluding hydrogens is 448 g/mol. The van der Waals surface area contributed by atoms with Gasteiger partial charge in [0, 0.05) is 35.9 Å². The van der Waals surface area contributed by atoms with Gasteiger partial charge in [-0.15, -0.1) is 0 Å². The van der Waals surface area contributed by atoms with E-state index in [1.54, 1.807) is 18.2 Å². The zero-order valence-electron chi connectivity index (χ0n) is 19.9. The zero-order chi connectivity index (χ0) is 24.6. The molecule has 2 amide bonds. The van der Waals surface area contributed by atoms with Gasteiger partial charge >= 0.3 is 6.03 Å². The van der Waals surface area contributed by atoms with Crippen molar-refractivity contribution >= 4 is 34.5 Å². The number of anilines is 3. The molecule has 5 rings (SSSR count). The number of nitrogens with zero attached hydrogens (tertiary/aromatic N) is 5. The minimum absolute atomic E-state index is 0.175. The van der Waals surface area contributed by atoms with Crippen LogP contribution in [-0.4, -0.2) is 44.1 Å². The minimum atomic E-state index is -0.429. The largest absolute Gasteiger partial charge is 0.383 e. The number of ether oxygens (including phenoxy) is 1. The number of urea groups is 1. The Bertz CT molecular complexity index is 1350. The first-order chi connectivity index (χ1) is 16.8. The molecule has 0 unspecified atom stereocenters. The van der Waals surface area contributed by atoms with Gasteiger partial charge in [-0.1, -0.05) is 38.1 Å². The van der Waals surface area contributed by atoms with Crippen LogP contribution in [0.3, 0.4) is 0 Å². The van der Waals surface area contributed by atoms with Crippen molar-refractivity contribution in [1.82, 2.24) is 24.9 Å². The third-order valence-corrected chi connectivity index (χ3v) is 5.99. The van der Waals surface area contributed by atoms with Gasteiger partial charge in [-0.25, -0.2) is 19.4 Å². The number of nitrogen functional groups attached to an aromatic ring is 1. The monoisotopic (exact) mass is 476 g/mol. The Morgan fingerprint density at radius 2 is 1.86 bits per heavy atom. The van der Waals surface area contributed by atoms with Gasteiger partial charge in [0.25, 0.3) is 0 Å². The fourth-order valence-corrected chi connectivity index (χ4v) is 4.06. The van der Waals surface area contributed by atoms with Crippen LogP contribution in [0.4, 0.5) is 22.2 Å². The molecule has 0 spiro atoms. The number of rotatable bonds is 4. The summed E-state index contributed by atoms with van der Waals surface area (Å²) in [6.07, 6.45) is 3.19. The summed E-state index contributed by atoms with van der Waals surface area (Å²) in [5, 5.41) is 15.1. The molecule has 1 aliphatic rings. The zero-order valence-corrected chi connectivity index (χ0v) is 19.9. The molecule has 4 heterocycles. The number of nitrogens with two attached hydrogens (primary N) is 1. The molecule has 182 valence electrons. The van der Waals surface area contributed by atoms with Gasteiger partial charge in [0.15, 0.2) is 5.65 Å². The first kappa shape index (κ1) is 22.8. The predicted molar refractivity (Wildman–Crippen MR) is 132 cm³/mol. The maximum absolute atomic E-state index is 12.4. The van der Waals surface area contributed by atoms with Crippen LogP contribution in [-0.2, 0) is 10.2 Å². The standard InChI is InChI=1S/C24H28N8O3/c1-24(2,3)17-12-18(35-31-17)29-23(33)28-15-6-4-14(5-7-15)20-19-21(25)26-13-27-22(19)32(30-20)16-8-10-34-11-9-16/h4-7,12-13,16H,8-11H2,1-3H3,(H2,25,26,27)(H2,28,29,33). The van der Waals surface area contributed by atoms with E-state index in [1.807, 2.05) is 37.6 Å². The molecule has 4 N–H and O–H groups in total. The molecule has 3 aromatic heterocycles. The molecule has 1 fully saturated rings. The molecule has 35 heavy (non-hydrogen) atoms. The van der Waals surface area contributed by atoms with Gasteiger partial charge in [-0.3, -0.25) is 5.32 Å². The summed E-state index contributed by atoms with van der Waals surface area (Å²) in [5.41, 5.74) is 9.68. The number of nitrogens with one attached hydrogen (secondary N) is 2. The number of aromatic nitrogens is 5. The number of hydrogen-bond acceptors (Lipinski definition) is 8. The van der Waals surface area contributed by atoms with Crippen LogP contribution in [0.25, 0.3) is 22.3 Å². The SMILES string of the molecule is CC(C)(C)c1cc(NC(=O)Nc2ccc(-c3nn(C4CCOCC4)c4ncnc(N)c34)cc2)on1. The number of carbonyl (C=O) groups excluding carboxylic acids is 1. The lowest BCUT2D eigenvalue weighted by Crippen LogP contribution is -2.20. The van der Waals surface area contributed by atoms with Gasteiger partial charge in [-0.05, 0) is 25.0 Å². The number of fused-ring (bicyclic) bond motifs is 1. The Morgan fingerprint density at radius 3 is 2.54 bits per heavy atom. The minimum Gasteiger partial charge on any atom is -0.383 e. The molecule has 1 saturated heterocycles. The Kier molecular flexibility index (Phi) is 5.85. The van der Waals surface area contributed by atoms with Gasteiger partial charge in [0.05, 0.1) is 17.1 Å². The van der Waals surface area contributed by atoms with Crippen LogP contribution in [0.5, 0.6) is 0 Å². The summed E-state index contributed by atoms with van der Waals surface area (Å²) in [6.45, 7) is 7.44. The fourth-order valence-electron chi connectivity index (χ4n) is 4.06. The highest BCUT2D eigenvalue weighted by molar-refractivity contribution is 6.00. The lowest BCUT2D eigenvalue weighted by molar-refractivity contribution is 0.0674. The van der Waals surface area contributed by atoms with E-state index in [0.717, 1.165) is 29.5 Å². The van der Waals surface area contributed by atoms with Gasteiger partial charge in [-0.2, -0.15) is 5.10 Å². The average molecular weight is 477 g/mol. The van der Waals surface area contributed by atoms with E-state index in [4.69, 9.17) is 20.1 Å². The van der Waals surface area contributed by atoms with Crippen molar-refractivity contribution < 1.29 is 14.1 Å². The number of benzene rings is 1. The highest BCUT2D eigenvalue weighted by Gasteiger charge is 2.24. The van der Waals surface area contributed by atoms with Crippen LogP contribution in [0.15, 0.2) is 41.2 Å². The van der Waals surface area contributed by atoms with Crippen LogP contribution < -0.4 is 16.4 Å². The van der Waals surface area contributed by atoms with E-state index in [2.05, 4.69) is 25.8 Å². The maximum atomic E-state index is 12.4. The number of hydrogen-bond donors (Lipinski definition) is 3. The van der Waals surface area contributed by atoms with Gasteiger partial charge in [0.1, 0.15) is 17.8 Å². The molecular formula is C24H28N8O3. The topological polar surface area (TPSA) is 146 Å². The second-order valence-corrected chi connectivity index (χ2v) is 9.58. The fraction of sp³-hybridized carbons (Fsp3) is 0.375. The first-order valence-corrected chi connectivity index (χ1v) is 11.5. The molecule has 0 saturated carbocycles. The Morgan fingerprint density at radius 1 is 1.11 bits per heavy atom. The first-order valence-electron chi connectivity index (χ1n) is 11.5. The highest BCUT2D eigenvalue weighted by Crippen LogP contribution is 2.34. The third-order valence-electron chi connectivity index (χ3n) is 5.99. The van der Waals surface area contributed by atoms with Crippen LogP contribution >= 0.6 is 0 Å². The van der Waals surface area contributed by atoms with Crippen molar-refractivity contribution in [3.05, 3.63) is 42.4 Å². The maximum Gasteiger partial charge on any atom is 0.326 e. The Hall–Kier alpha value is -3.99. The molecule has 11 nitrogen and oxygen atoms in total. The molecule has 0 aliphatic carbocycles. The summed E-state index contributed by atoms with van der Waals surface area (Å²) < 4.78 is 12.7. The van der Waals surface area contributed by atoms with Crippen molar-refractivity contribution in [2.75, 3.05) is 29.6 Å². The summed E-state index contributed by atoms with van der Waals surface area (Å²) in [4.78, 5) is 21.1. The van der Waals surface area contributed by atoms with E-state index >= 15 is 0 Å². The van der Waals surface area contributed by atoms with E-state index in [9.17, 15) is 4.79 Å². The van der Waals surface area contributed by atoms with Gasteiger partial charge in [0.2, 0.25) is 5.88 Å². The molecule has 1 aromatic carbocycles. The molecule has 1 aliphatic heterocycles. The lowest BCUT2D eigenvalue weighted by Gasteiger charge is -2.22. The third kappa shape index (κ3) is 4.67. The summed E-state index contributed by atoms with van der Waals surface area (Å²) in [7, 11) is 0.